The summed E-state index contributed by atoms with van der Waals surface area (Å²) in [5.41, 5.74) is 3.15. The van der Waals surface area contributed by atoms with Crippen molar-refractivity contribution < 1.29 is 19.1 Å². The number of nitrogens with zero attached hydrogens (tertiary/aromatic N) is 2. The molecule has 1 unspecified atom stereocenters. The third-order valence-electron chi connectivity index (χ3n) is 5.74. The van der Waals surface area contributed by atoms with Gasteiger partial charge in [0.15, 0.2) is 0 Å². The molecular formula is C26H35N3O4. The smallest absolute Gasteiger partial charge is 0.310 e. The minimum absolute atomic E-state index is 0.0922. The van der Waals surface area contributed by atoms with Gasteiger partial charge < -0.3 is 19.3 Å². The van der Waals surface area contributed by atoms with Crippen LogP contribution in [-0.2, 0) is 32.1 Å². The number of esters is 1. The highest BCUT2D eigenvalue weighted by Gasteiger charge is 2.26. The van der Waals surface area contributed by atoms with Gasteiger partial charge in [-0.1, -0.05) is 42.5 Å². The Kier molecular flexibility index (Phi) is 9.27. The van der Waals surface area contributed by atoms with Gasteiger partial charge in [-0.05, 0) is 44.0 Å². The first-order chi connectivity index (χ1) is 16.0. The molecule has 0 aromatic heterocycles. The van der Waals surface area contributed by atoms with Gasteiger partial charge >= 0.3 is 5.97 Å². The largest absolute Gasteiger partial charge is 0.466 e. The molecule has 33 heavy (non-hydrogen) atoms. The molecule has 2 aromatic carbocycles. The molecule has 1 aliphatic rings. The van der Waals surface area contributed by atoms with E-state index in [2.05, 4.69) is 10.2 Å². The molecule has 1 saturated heterocycles. The van der Waals surface area contributed by atoms with Crippen LogP contribution in [0.4, 0.5) is 5.69 Å². The van der Waals surface area contributed by atoms with Crippen LogP contribution in [0.3, 0.4) is 0 Å². The summed E-state index contributed by atoms with van der Waals surface area (Å²) in [5, 5.41) is 3.26. The summed E-state index contributed by atoms with van der Waals surface area (Å²) < 4.78 is 10.8. The fourth-order valence-corrected chi connectivity index (χ4v) is 3.93. The van der Waals surface area contributed by atoms with Gasteiger partial charge in [-0.25, -0.2) is 0 Å². The normalized spacial score (nSPS) is 15.7. The van der Waals surface area contributed by atoms with Crippen LogP contribution in [0.2, 0.25) is 0 Å². The summed E-state index contributed by atoms with van der Waals surface area (Å²) in [6.45, 7) is 9.42. The Bertz CT molecular complexity index is 880. The van der Waals surface area contributed by atoms with Crippen molar-refractivity contribution >= 4 is 17.6 Å². The Morgan fingerprint density at radius 2 is 1.61 bits per heavy atom. The van der Waals surface area contributed by atoms with Crippen molar-refractivity contribution in [2.24, 2.45) is 0 Å². The Balaban J connectivity index is 1.42. The Hall–Kier alpha value is -2.90. The van der Waals surface area contributed by atoms with Crippen LogP contribution in [0.25, 0.3) is 0 Å². The van der Waals surface area contributed by atoms with Crippen LogP contribution in [0.15, 0.2) is 54.6 Å². The van der Waals surface area contributed by atoms with E-state index in [-0.39, 0.29) is 30.6 Å². The lowest BCUT2D eigenvalue weighted by Gasteiger charge is -2.37. The number of hydrogen-bond acceptors (Lipinski definition) is 6. The molecule has 7 nitrogen and oxygen atoms in total. The molecule has 1 amide bonds. The highest BCUT2D eigenvalue weighted by Crippen LogP contribution is 2.18. The average Bonchev–Trinajstić information content (AvgIpc) is 2.83. The number of nitrogens with one attached hydrogen (secondary N) is 1. The van der Waals surface area contributed by atoms with E-state index in [9.17, 15) is 9.59 Å². The number of anilines is 1. The summed E-state index contributed by atoms with van der Waals surface area (Å²) >= 11 is 0. The van der Waals surface area contributed by atoms with Gasteiger partial charge in [-0.15, -0.1) is 0 Å². The molecule has 2 aromatic rings. The minimum Gasteiger partial charge on any atom is -0.466 e. The number of ether oxygens (including phenoxy) is 2. The Morgan fingerprint density at radius 1 is 0.939 bits per heavy atom. The van der Waals surface area contributed by atoms with Crippen LogP contribution >= 0.6 is 0 Å². The molecule has 0 radical (unpaired) electrons. The number of carbonyl (C=O) groups is 2. The SMILES string of the molecule is CCOC(=O)Cc1ccc(N2CCN(C(=O)[C@@H](C)NC(C)OCc3ccccc3)CC2)cc1. The van der Waals surface area contributed by atoms with Gasteiger partial charge in [0.1, 0.15) is 6.23 Å². The minimum atomic E-state index is -0.315. The van der Waals surface area contributed by atoms with E-state index in [4.69, 9.17) is 9.47 Å². The van der Waals surface area contributed by atoms with E-state index in [1.54, 1.807) is 0 Å². The van der Waals surface area contributed by atoms with Crippen LogP contribution < -0.4 is 10.2 Å². The van der Waals surface area contributed by atoms with Gasteiger partial charge in [-0.2, -0.15) is 0 Å². The zero-order chi connectivity index (χ0) is 23.6. The molecule has 2 atom stereocenters. The number of rotatable bonds is 10. The van der Waals surface area contributed by atoms with E-state index in [1.807, 2.05) is 80.3 Å². The molecule has 1 N–H and O–H groups in total. The molecule has 1 aliphatic heterocycles. The van der Waals surface area contributed by atoms with Gasteiger partial charge in [0.25, 0.3) is 0 Å². The van der Waals surface area contributed by atoms with Crippen molar-refractivity contribution in [1.29, 1.82) is 0 Å². The third kappa shape index (κ3) is 7.58. The monoisotopic (exact) mass is 453 g/mol. The van der Waals surface area contributed by atoms with Gasteiger partial charge in [-0.3, -0.25) is 14.9 Å². The molecule has 0 saturated carbocycles. The number of carbonyl (C=O) groups excluding carboxylic acids is 2. The predicted octanol–water partition coefficient (Wildman–Crippen LogP) is 2.98. The molecule has 0 aliphatic carbocycles. The number of piperazine rings is 1. The zero-order valence-electron chi connectivity index (χ0n) is 19.8. The zero-order valence-corrected chi connectivity index (χ0v) is 19.8. The molecular weight excluding hydrogens is 418 g/mol. The summed E-state index contributed by atoms with van der Waals surface area (Å²) in [4.78, 5) is 28.7. The molecule has 178 valence electrons. The lowest BCUT2D eigenvalue weighted by Crippen LogP contribution is -2.54. The van der Waals surface area contributed by atoms with E-state index in [0.717, 1.165) is 29.9 Å². The molecule has 3 rings (SSSR count). The number of hydrogen-bond donors (Lipinski definition) is 1. The van der Waals surface area contributed by atoms with Crippen molar-refractivity contribution in [3.63, 3.8) is 0 Å². The van der Waals surface area contributed by atoms with Gasteiger partial charge in [0, 0.05) is 31.9 Å². The summed E-state index contributed by atoms with van der Waals surface area (Å²) in [7, 11) is 0. The highest BCUT2D eigenvalue weighted by atomic mass is 16.5. The van der Waals surface area contributed by atoms with Crippen LogP contribution in [0.1, 0.15) is 31.9 Å². The maximum Gasteiger partial charge on any atom is 0.310 e. The van der Waals surface area contributed by atoms with Gasteiger partial charge in [0.2, 0.25) is 5.91 Å². The first-order valence-electron chi connectivity index (χ1n) is 11.7. The summed E-state index contributed by atoms with van der Waals surface area (Å²) in [6.07, 6.45) is 0.0629. The maximum atomic E-state index is 12.9. The summed E-state index contributed by atoms with van der Waals surface area (Å²) in [5.74, 6) is -0.116. The number of amides is 1. The third-order valence-corrected chi connectivity index (χ3v) is 5.74. The molecule has 0 spiro atoms. The fourth-order valence-electron chi connectivity index (χ4n) is 3.93. The fraction of sp³-hybridized carbons (Fsp3) is 0.462. The quantitative estimate of drug-likeness (QED) is 0.441. The van der Waals surface area contributed by atoms with E-state index >= 15 is 0 Å². The van der Waals surface area contributed by atoms with Crippen molar-refractivity contribution in [2.45, 2.75) is 46.1 Å². The standard InChI is InChI=1S/C26H35N3O4/c1-4-32-25(30)18-22-10-12-24(13-11-22)28-14-16-29(17-15-28)26(31)20(2)27-21(3)33-19-23-8-6-5-7-9-23/h5-13,20-21,27H,4,14-19H2,1-3H3/t20-,21?/m1/s1. The predicted molar refractivity (Wildman–Crippen MR) is 129 cm³/mol. The molecule has 7 heteroatoms. The Morgan fingerprint density at radius 3 is 2.24 bits per heavy atom. The van der Waals surface area contributed by atoms with Crippen molar-refractivity contribution in [2.75, 3.05) is 37.7 Å². The van der Waals surface area contributed by atoms with Crippen molar-refractivity contribution in [3.8, 4) is 0 Å². The maximum absolute atomic E-state index is 12.9. The molecule has 1 heterocycles. The van der Waals surface area contributed by atoms with Gasteiger partial charge in [0.05, 0.1) is 25.7 Å². The second-order valence-corrected chi connectivity index (χ2v) is 8.29. The number of benzene rings is 2. The highest BCUT2D eigenvalue weighted by molar-refractivity contribution is 5.81. The Labute approximate surface area is 196 Å². The second-order valence-electron chi connectivity index (χ2n) is 8.29. The summed E-state index contributed by atoms with van der Waals surface area (Å²) in [6, 6.07) is 17.7. The second kappa shape index (κ2) is 12.4. The molecule has 1 fully saturated rings. The van der Waals surface area contributed by atoms with E-state index in [0.29, 0.717) is 26.3 Å². The van der Waals surface area contributed by atoms with Crippen LogP contribution in [-0.4, -0.2) is 61.8 Å². The topological polar surface area (TPSA) is 71.1 Å². The first kappa shape index (κ1) is 24.7. The van der Waals surface area contributed by atoms with E-state index in [1.165, 1.54) is 0 Å². The lowest BCUT2D eigenvalue weighted by molar-refractivity contribution is -0.142. The van der Waals surface area contributed by atoms with Crippen LogP contribution in [0.5, 0.6) is 0 Å². The van der Waals surface area contributed by atoms with Crippen LogP contribution in [0, 0.1) is 0 Å². The first-order valence-corrected chi connectivity index (χ1v) is 11.7. The van der Waals surface area contributed by atoms with Crippen molar-refractivity contribution in [1.82, 2.24) is 10.2 Å². The van der Waals surface area contributed by atoms with E-state index < -0.39 is 0 Å². The van der Waals surface area contributed by atoms with Crippen molar-refractivity contribution in [3.05, 3.63) is 65.7 Å². The lowest BCUT2D eigenvalue weighted by atomic mass is 10.1. The molecule has 0 bridgehead atoms. The average molecular weight is 454 g/mol.